The van der Waals surface area contributed by atoms with Gasteiger partial charge in [0.05, 0.1) is 11.3 Å². The highest BCUT2D eigenvalue weighted by Gasteiger charge is 2.19. The monoisotopic (exact) mass is 433 g/mol. The van der Waals surface area contributed by atoms with Crippen molar-refractivity contribution in [2.45, 2.75) is 39.6 Å². The Hall–Kier alpha value is -3.12. The summed E-state index contributed by atoms with van der Waals surface area (Å²) in [5.74, 6) is -0.205. The molecule has 0 saturated heterocycles. The van der Waals surface area contributed by atoms with E-state index in [0.29, 0.717) is 10.6 Å². The summed E-state index contributed by atoms with van der Waals surface area (Å²) in [6.07, 6.45) is 0. The lowest BCUT2D eigenvalue weighted by Crippen LogP contribution is -2.18. The molecule has 1 aromatic heterocycles. The fourth-order valence-electron chi connectivity index (χ4n) is 3.23. The molecule has 3 rings (SSSR count). The quantitative estimate of drug-likeness (QED) is 0.496. The molecule has 160 valence electrons. The Morgan fingerprint density at radius 3 is 2.29 bits per heavy atom. The van der Waals surface area contributed by atoms with E-state index in [0.717, 1.165) is 33.8 Å². The van der Waals surface area contributed by atoms with Crippen molar-refractivity contribution >= 4 is 35.0 Å². The van der Waals surface area contributed by atoms with Gasteiger partial charge in [0.15, 0.2) is 0 Å². The fraction of sp³-hybridized carbons (Fsp3) is 0.240. The van der Waals surface area contributed by atoms with Crippen LogP contribution in [0.1, 0.15) is 38.3 Å². The third-order valence-electron chi connectivity index (χ3n) is 5.06. The number of anilines is 2. The minimum atomic E-state index is -0.226. The number of hydrogen-bond acceptors (Lipinski definition) is 4. The molecule has 3 aromatic rings. The highest BCUT2D eigenvalue weighted by Crippen LogP contribution is 2.26. The molecule has 0 atom stereocenters. The van der Waals surface area contributed by atoms with E-state index in [2.05, 4.69) is 15.6 Å². The normalized spacial score (nSPS) is 10.6. The second-order valence-corrected chi connectivity index (χ2v) is 8.63. The van der Waals surface area contributed by atoms with Crippen LogP contribution in [0, 0.1) is 34.6 Å². The van der Waals surface area contributed by atoms with Crippen molar-refractivity contribution < 1.29 is 9.59 Å². The zero-order valence-corrected chi connectivity index (χ0v) is 19.3. The zero-order valence-electron chi connectivity index (χ0n) is 18.5. The molecule has 5 nitrogen and oxygen atoms in total. The van der Waals surface area contributed by atoms with Crippen LogP contribution in [0.3, 0.4) is 0 Å². The van der Waals surface area contributed by atoms with Crippen LogP contribution in [0.2, 0.25) is 0 Å². The van der Waals surface area contributed by atoms with E-state index >= 15 is 0 Å². The van der Waals surface area contributed by atoms with Crippen molar-refractivity contribution in [1.82, 2.24) is 4.98 Å². The van der Waals surface area contributed by atoms with Crippen LogP contribution >= 0.6 is 11.8 Å². The Morgan fingerprint density at radius 1 is 0.839 bits per heavy atom. The highest BCUT2D eigenvalue weighted by molar-refractivity contribution is 8.00. The number of pyridine rings is 1. The van der Waals surface area contributed by atoms with E-state index < -0.39 is 0 Å². The lowest BCUT2D eigenvalue weighted by atomic mass is 10.1. The van der Waals surface area contributed by atoms with Crippen LogP contribution in [0.5, 0.6) is 0 Å². The van der Waals surface area contributed by atoms with Gasteiger partial charge in [-0.2, -0.15) is 0 Å². The van der Waals surface area contributed by atoms with Crippen LogP contribution in [0.4, 0.5) is 11.4 Å². The van der Waals surface area contributed by atoms with Gasteiger partial charge < -0.3 is 10.6 Å². The smallest absolute Gasteiger partial charge is 0.258 e. The van der Waals surface area contributed by atoms with Gasteiger partial charge in [-0.05, 0) is 81.1 Å². The molecule has 2 aromatic carbocycles. The molecule has 0 fully saturated rings. The molecule has 2 N–H and O–H groups in total. The number of aryl methyl sites for hydroxylation is 5. The van der Waals surface area contributed by atoms with Crippen molar-refractivity contribution in [2.75, 3.05) is 16.4 Å². The Labute approximate surface area is 187 Å². The summed E-state index contributed by atoms with van der Waals surface area (Å²) in [7, 11) is 0. The molecule has 1 heterocycles. The number of nitrogens with zero attached hydrogens (tertiary/aromatic N) is 1. The second-order valence-electron chi connectivity index (χ2n) is 7.67. The predicted octanol–water partition coefficient (Wildman–Crippen LogP) is 5.61. The lowest BCUT2D eigenvalue weighted by Gasteiger charge is -2.14. The summed E-state index contributed by atoms with van der Waals surface area (Å²) in [5.41, 5.74) is 6.94. The molecule has 0 aliphatic rings. The summed E-state index contributed by atoms with van der Waals surface area (Å²) in [4.78, 5) is 30.1. The summed E-state index contributed by atoms with van der Waals surface area (Å²) in [5, 5.41) is 6.45. The van der Waals surface area contributed by atoms with Gasteiger partial charge in [0.1, 0.15) is 5.03 Å². The summed E-state index contributed by atoms with van der Waals surface area (Å²) < 4.78 is 0. The molecule has 0 aliphatic carbocycles. The molecule has 0 bridgehead atoms. The maximum atomic E-state index is 13.1. The highest BCUT2D eigenvalue weighted by atomic mass is 32.2. The van der Waals surface area contributed by atoms with Gasteiger partial charge in [0, 0.05) is 17.1 Å². The third-order valence-corrected chi connectivity index (χ3v) is 6.04. The summed E-state index contributed by atoms with van der Waals surface area (Å²) in [6.45, 7) is 9.77. The number of benzene rings is 2. The minimum absolute atomic E-state index is 0.139. The molecule has 0 unspecified atom stereocenters. The van der Waals surface area contributed by atoms with E-state index in [1.165, 1.54) is 17.3 Å². The lowest BCUT2D eigenvalue weighted by molar-refractivity contribution is -0.113. The van der Waals surface area contributed by atoms with E-state index in [1.807, 2.05) is 83.1 Å². The van der Waals surface area contributed by atoms with Gasteiger partial charge in [-0.3, -0.25) is 9.59 Å². The van der Waals surface area contributed by atoms with Gasteiger partial charge in [-0.25, -0.2) is 4.98 Å². The first-order valence-corrected chi connectivity index (χ1v) is 11.1. The molecule has 0 spiro atoms. The van der Waals surface area contributed by atoms with Crippen LogP contribution in [-0.2, 0) is 4.79 Å². The second kappa shape index (κ2) is 9.79. The SMILES string of the molecule is Cc1cc(C)c(C(=O)Nc2ccccc2C)c(SCC(=O)Nc2ccc(C)c(C)c2)n1. The topological polar surface area (TPSA) is 71.1 Å². The number of aromatic nitrogens is 1. The number of amides is 2. The average molecular weight is 434 g/mol. The Kier molecular flexibility index (Phi) is 7.13. The zero-order chi connectivity index (χ0) is 22.5. The van der Waals surface area contributed by atoms with Crippen LogP contribution < -0.4 is 10.6 Å². The first-order valence-electron chi connectivity index (χ1n) is 10.1. The van der Waals surface area contributed by atoms with Crippen molar-refractivity contribution in [2.24, 2.45) is 0 Å². The molecule has 31 heavy (non-hydrogen) atoms. The number of carbonyl (C=O) groups is 2. The van der Waals surface area contributed by atoms with Gasteiger partial charge in [0.25, 0.3) is 5.91 Å². The van der Waals surface area contributed by atoms with E-state index in [1.54, 1.807) is 0 Å². The van der Waals surface area contributed by atoms with Crippen molar-refractivity contribution in [1.29, 1.82) is 0 Å². The van der Waals surface area contributed by atoms with Crippen LogP contribution in [-0.4, -0.2) is 22.6 Å². The van der Waals surface area contributed by atoms with E-state index in [9.17, 15) is 9.59 Å². The number of carbonyl (C=O) groups excluding carboxylic acids is 2. The fourth-order valence-corrected chi connectivity index (χ4v) is 4.18. The maximum Gasteiger partial charge on any atom is 0.258 e. The molecular formula is C25H27N3O2S. The molecule has 0 saturated carbocycles. The number of nitrogens with one attached hydrogen (secondary N) is 2. The largest absolute Gasteiger partial charge is 0.325 e. The predicted molar refractivity (Wildman–Crippen MR) is 128 cm³/mol. The van der Waals surface area contributed by atoms with Gasteiger partial charge >= 0.3 is 0 Å². The summed E-state index contributed by atoms with van der Waals surface area (Å²) >= 11 is 1.27. The average Bonchev–Trinajstić information content (AvgIpc) is 2.70. The molecule has 2 amide bonds. The third kappa shape index (κ3) is 5.73. The Balaban J connectivity index is 1.76. The molecule has 6 heteroatoms. The molecule has 0 aliphatic heterocycles. The number of hydrogen-bond donors (Lipinski definition) is 2. The van der Waals surface area contributed by atoms with Gasteiger partial charge in [-0.15, -0.1) is 0 Å². The van der Waals surface area contributed by atoms with Crippen molar-refractivity contribution in [3.05, 3.63) is 82.0 Å². The first kappa shape index (κ1) is 22.6. The summed E-state index contributed by atoms with van der Waals surface area (Å²) in [6, 6.07) is 15.3. The number of para-hydroxylation sites is 1. The standard InChI is InChI=1S/C25H27N3O2S/c1-15-10-11-20(13-17(15)3)27-22(29)14-31-25-23(18(4)12-19(5)26-25)24(30)28-21-9-7-6-8-16(21)2/h6-13H,14H2,1-5H3,(H,27,29)(H,28,30). The van der Waals surface area contributed by atoms with E-state index in [-0.39, 0.29) is 17.6 Å². The van der Waals surface area contributed by atoms with Crippen LogP contribution in [0.25, 0.3) is 0 Å². The van der Waals surface area contributed by atoms with E-state index in [4.69, 9.17) is 0 Å². The first-order chi connectivity index (χ1) is 14.7. The number of thioether (sulfide) groups is 1. The Morgan fingerprint density at radius 2 is 1.58 bits per heavy atom. The Bertz CT molecular complexity index is 1140. The van der Waals surface area contributed by atoms with Crippen molar-refractivity contribution in [3.63, 3.8) is 0 Å². The number of rotatable bonds is 6. The van der Waals surface area contributed by atoms with Gasteiger partial charge in [0.2, 0.25) is 5.91 Å². The minimum Gasteiger partial charge on any atom is -0.325 e. The van der Waals surface area contributed by atoms with Gasteiger partial charge in [-0.1, -0.05) is 36.0 Å². The molecular weight excluding hydrogens is 406 g/mol. The van der Waals surface area contributed by atoms with Crippen LogP contribution in [0.15, 0.2) is 53.6 Å². The van der Waals surface area contributed by atoms with Crippen molar-refractivity contribution in [3.8, 4) is 0 Å². The molecule has 0 radical (unpaired) electrons. The maximum absolute atomic E-state index is 13.1.